The standard InChI is InChI=1S/C23H23N3O5/c1-14(2)21-20(15(3)26-31-21)23(29)30-13-19(27)25-18-12-8-7-11-17(18)22(28)24-16-9-5-4-6-10-16/h4-12,14H,13H2,1-3H3,(H,24,28)(H,25,27). The lowest BCUT2D eigenvalue weighted by Crippen LogP contribution is -2.23. The molecule has 3 rings (SSSR count). The van der Waals surface area contributed by atoms with Gasteiger partial charge in [0.15, 0.2) is 12.4 Å². The van der Waals surface area contributed by atoms with E-state index < -0.39 is 18.5 Å². The number of anilines is 2. The molecular formula is C23H23N3O5. The van der Waals surface area contributed by atoms with Crippen molar-refractivity contribution in [1.29, 1.82) is 0 Å². The zero-order chi connectivity index (χ0) is 22.4. The summed E-state index contributed by atoms with van der Waals surface area (Å²) < 4.78 is 10.3. The number of ether oxygens (including phenoxy) is 1. The lowest BCUT2D eigenvalue weighted by Gasteiger charge is -2.12. The highest BCUT2D eigenvalue weighted by Gasteiger charge is 2.24. The summed E-state index contributed by atoms with van der Waals surface area (Å²) in [6.45, 7) is 4.84. The third-order valence-corrected chi connectivity index (χ3v) is 4.43. The van der Waals surface area contributed by atoms with Gasteiger partial charge in [0.1, 0.15) is 5.56 Å². The fourth-order valence-electron chi connectivity index (χ4n) is 2.93. The summed E-state index contributed by atoms with van der Waals surface area (Å²) in [4.78, 5) is 37.4. The maximum atomic E-state index is 12.6. The molecule has 8 nitrogen and oxygen atoms in total. The molecule has 160 valence electrons. The SMILES string of the molecule is Cc1noc(C(C)C)c1C(=O)OCC(=O)Nc1ccccc1C(=O)Nc1ccccc1. The average Bonchev–Trinajstić information content (AvgIpc) is 3.15. The first-order valence-electron chi connectivity index (χ1n) is 9.75. The average molecular weight is 421 g/mol. The predicted octanol–water partition coefficient (Wildman–Crippen LogP) is 4.15. The van der Waals surface area contributed by atoms with Crippen LogP contribution < -0.4 is 10.6 Å². The van der Waals surface area contributed by atoms with Gasteiger partial charge in [-0.05, 0) is 31.2 Å². The number of hydrogen-bond acceptors (Lipinski definition) is 6. The van der Waals surface area contributed by atoms with Crippen LogP contribution in [0.2, 0.25) is 0 Å². The summed E-state index contributed by atoms with van der Waals surface area (Å²) in [5.74, 6) is -1.29. The third kappa shape index (κ3) is 5.36. The molecule has 0 saturated heterocycles. The van der Waals surface area contributed by atoms with E-state index in [0.717, 1.165) is 0 Å². The third-order valence-electron chi connectivity index (χ3n) is 4.43. The number of benzene rings is 2. The smallest absolute Gasteiger partial charge is 0.344 e. The van der Waals surface area contributed by atoms with Crippen LogP contribution in [0.3, 0.4) is 0 Å². The zero-order valence-corrected chi connectivity index (χ0v) is 17.5. The van der Waals surface area contributed by atoms with Crippen molar-refractivity contribution in [3.8, 4) is 0 Å². The van der Waals surface area contributed by atoms with Gasteiger partial charge in [-0.2, -0.15) is 0 Å². The molecule has 0 unspecified atom stereocenters. The van der Waals surface area contributed by atoms with Gasteiger partial charge >= 0.3 is 5.97 Å². The summed E-state index contributed by atoms with van der Waals surface area (Å²) in [6.07, 6.45) is 0. The molecule has 0 fully saturated rings. The molecule has 0 saturated carbocycles. The van der Waals surface area contributed by atoms with Gasteiger partial charge in [0, 0.05) is 11.6 Å². The molecule has 0 spiro atoms. The van der Waals surface area contributed by atoms with Gasteiger partial charge < -0.3 is 19.9 Å². The van der Waals surface area contributed by atoms with Gasteiger partial charge in [0.05, 0.1) is 16.9 Å². The monoisotopic (exact) mass is 421 g/mol. The number of nitrogens with zero attached hydrogens (tertiary/aromatic N) is 1. The van der Waals surface area contributed by atoms with Crippen LogP contribution in [0.1, 0.15) is 51.9 Å². The Morgan fingerprint density at radius 1 is 1.00 bits per heavy atom. The van der Waals surface area contributed by atoms with E-state index in [2.05, 4.69) is 15.8 Å². The first-order valence-corrected chi connectivity index (χ1v) is 9.75. The van der Waals surface area contributed by atoms with Gasteiger partial charge in [-0.25, -0.2) is 4.79 Å². The number of aryl methyl sites for hydroxylation is 1. The van der Waals surface area contributed by atoms with E-state index in [0.29, 0.717) is 22.8 Å². The van der Waals surface area contributed by atoms with Crippen LogP contribution in [0.25, 0.3) is 0 Å². The fraction of sp³-hybridized carbons (Fsp3) is 0.217. The van der Waals surface area contributed by atoms with Crippen LogP contribution in [0.5, 0.6) is 0 Å². The van der Waals surface area contributed by atoms with Crippen molar-refractivity contribution in [3.05, 3.63) is 77.2 Å². The molecule has 0 aliphatic heterocycles. The maximum absolute atomic E-state index is 12.6. The molecule has 0 aliphatic rings. The molecule has 1 heterocycles. The Kier molecular flexibility index (Phi) is 6.81. The number of rotatable bonds is 7. The van der Waals surface area contributed by atoms with Crippen LogP contribution in [-0.2, 0) is 9.53 Å². The van der Waals surface area contributed by atoms with Crippen molar-refractivity contribution in [2.75, 3.05) is 17.2 Å². The highest BCUT2D eigenvalue weighted by atomic mass is 16.5. The van der Waals surface area contributed by atoms with E-state index >= 15 is 0 Å². The summed E-state index contributed by atoms with van der Waals surface area (Å²) in [5.41, 5.74) is 1.85. The minimum atomic E-state index is -0.687. The molecule has 31 heavy (non-hydrogen) atoms. The number of para-hydroxylation sites is 2. The Balaban J connectivity index is 1.64. The predicted molar refractivity (Wildman–Crippen MR) is 115 cm³/mol. The second-order valence-electron chi connectivity index (χ2n) is 7.15. The maximum Gasteiger partial charge on any atom is 0.344 e. The first kappa shape index (κ1) is 21.8. The Morgan fingerprint density at radius 2 is 1.68 bits per heavy atom. The summed E-state index contributed by atoms with van der Waals surface area (Å²) in [5, 5.41) is 9.18. The quantitative estimate of drug-likeness (QED) is 0.555. The summed E-state index contributed by atoms with van der Waals surface area (Å²) in [7, 11) is 0. The lowest BCUT2D eigenvalue weighted by atomic mass is 10.1. The number of amides is 2. The fourth-order valence-corrected chi connectivity index (χ4v) is 2.93. The van der Waals surface area contributed by atoms with Crippen LogP contribution in [-0.4, -0.2) is 29.5 Å². The summed E-state index contributed by atoms with van der Waals surface area (Å²) in [6, 6.07) is 15.5. The largest absolute Gasteiger partial charge is 0.452 e. The second kappa shape index (κ2) is 9.71. The molecule has 2 N–H and O–H groups in total. The second-order valence-corrected chi connectivity index (χ2v) is 7.15. The Hall–Kier alpha value is -3.94. The van der Waals surface area contributed by atoms with Crippen LogP contribution in [0.15, 0.2) is 59.1 Å². The normalized spacial score (nSPS) is 10.6. The summed E-state index contributed by atoms with van der Waals surface area (Å²) >= 11 is 0. The lowest BCUT2D eigenvalue weighted by molar-refractivity contribution is -0.119. The highest BCUT2D eigenvalue weighted by Crippen LogP contribution is 2.23. The number of carbonyl (C=O) groups is 3. The number of aromatic nitrogens is 1. The molecule has 3 aromatic rings. The van der Waals surface area contributed by atoms with Crippen molar-refractivity contribution in [3.63, 3.8) is 0 Å². The van der Waals surface area contributed by atoms with Gasteiger partial charge in [-0.15, -0.1) is 0 Å². The van der Waals surface area contributed by atoms with E-state index in [1.54, 1.807) is 55.5 Å². The zero-order valence-electron chi connectivity index (χ0n) is 17.5. The van der Waals surface area contributed by atoms with E-state index in [4.69, 9.17) is 9.26 Å². The van der Waals surface area contributed by atoms with Gasteiger partial charge in [-0.1, -0.05) is 49.3 Å². The minimum absolute atomic E-state index is 0.0624. The molecule has 0 bridgehead atoms. The van der Waals surface area contributed by atoms with E-state index in [1.165, 1.54) is 0 Å². The van der Waals surface area contributed by atoms with Crippen LogP contribution in [0.4, 0.5) is 11.4 Å². The number of nitrogens with one attached hydrogen (secondary N) is 2. The number of hydrogen-bond donors (Lipinski definition) is 2. The van der Waals surface area contributed by atoms with Crippen LogP contribution >= 0.6 is 0 Å². The molecule has 8 heteroatoms. The molecule has 0 aliphatic carbocycles. The molecule has 0 atom stereocenters. The molecule has 1 aromatic heterocycles. The molecular weight excluding hydrogens is 398 g/mol. The molecule has 2 aromatic carbocycles. The van der Waals surface area contributed by atoms with Crippen molar-refractivity contribution in [1.82, 2.24) is 5.16 Å². The van der Waals surface area contributed by atoms with Crippen molar-refractivity contribution >= 4 is 29.2 Å². The van der Waals surface area contributed by atoms with Crippen molar-refractivity contribution in [2.24, 2.45) is 0 Å². The van der Waals surface area contributed by atoms with Crippen LogP contribution in [0, 0.1) is 6.92 Å². The Labute approximate surface area is 179 Å². The van der Waals surface area contributed by atoms with Gasteiger partial charge in [-0.3, -0.25) is 9.59 Å². The van der Waals surface area contributed by atoms with Gasteiger partial charge in [0.2, 0.25) is 0 Å². The van der Waals surface area contributed by atoms with Crippen molar-refractivity contribution < 1.29 is 23.6 Å². The van der Waals surface area contributed by atoms with Crippen molar-refractivity contribution in [2.45, 2.75) is 26.7 Å². The van der Waals surface area contributed by atoms with Gasteiger partial charge in [0.25, 0.3) is 11.8 Å². The Morgan fingerprint density at radius 3 is 2.39 bits per heavy atom. The van der Waals surface area contributed by atoms with E-state index in [9.17, 15) is 14.4 Å². The topological polar surface area (TPSA) is 111 Å². The highest BCUT2D eigenvalue weighted by molar-refractivity contribution is 6.10. The first-order chi connectivity index (χ1) is 14.9. The number of carbonyl (C=O) groups excluding carboxylic acids is 3. The van der Waals surface area contributed by atoms with E-state index in [-0.39, 0.29) is 23.0 Å². The minimum Gasteiger partial charge on any atom is -0.452 e. The Bertz CT molecular complexity index is 1090. The number of esters is 1. The molecule has 0 radical (unpaired) electrons. The van der Waals surface area contributed by atoms with E-state index in [1.807, 2.05) is 19.9 Å². The molecule has 2 amide bonds.